The summed E-state index contributed by atoms with van der Waals surface area (Å²) in [5.74, 6) is 0.542. The molecular formula is C8H9BN2O3. The van der Waals surface area contributed by atoms with Crippen molar-refractivity contribution in [2.45, 2.75) is 0 Å². The molecule has 2 heterocycles. The maximum absolute atomic E-state index is 9.07. The summed E-state index contributed by atoms with van der Waals surface area (Å²) in [5.41, 5.74) is 1.62. The number of fused-ring (bicyclic) bond motifs is 1. The molecule has 2 rings (SSSR count). The van der Waals surface area contributed by atoms with Crippen LogP contribution in [0.5, 0.6) is 5.88 Å². The van der Waals surface area contributed by atoms with Gasteiger partial charge >= 0.3 is 7.12 Å². The van der Waals surface area contributed by atoms with Gasteiger partial charge in [0.2, 0.25) is 0 Å². The number of aromatic nitrogens is 2. The van der Waals surface area contributed by atoms with Crippen LogP contribution in [0.25, 0.3) is 11.0 Å². The van der Waals surface area contributed by atoms with Gasteiger partial charge in [-0.3, -0.25) is 4.98 Å². The number of hydrogen-bond donors (Lipinski definition) is 3. The number of ether oxygens (including phenoxy) is 1. The predicted octanol–water partition coefficient (Wildman–Crippen LogP) is -0.749. The van der Waals surface area contributed by atoms with Gasteiger partial charge in [-0.05, 0) is 6.07 Å². The van der Waals surface area contributed by atoms with Gasteiger partial charge in [0.25, 0.3) is 0 Å². The van der Waals surface area contributed by atoms with Gasteiger partial charge in [-0.2, -0.15) is 0 Å². The van der Waals surface area contributed by atoms with Crippen LogP contribution >= 0.6 is 0 Å². The Balaban J connectivity index is 2.66. The summed E-state index contributed by atoms with van der Waals surface area (Å²) < 4.78 is 4.98. The molecule has 0 radical (unpaired) electrons. The van der Waals surface area contributed by atoms with Crippen LogP contribution in [0.4, 0.5) is 0 Å². The summed E-state index contributed by atoms with van der Waals surface area (Å²) >= 11 is 0. The molecule has 0 aliphatic rings. The average molecular weight is 192 g/mol. The Morgan fingerprint density at radius 2 is 2.29 bits per heavy atom. The first kappa shape index (κ1) is 9.05. The Morgan fingerprint density at radius 1 is 1.50 bits per heavy atom. The monoisotopic (exact) mass is 192 g/mol. The SMILES string of the molecule is COc1cc2nccc(B(O)O)c2[nH]1. The molecule has 0 aromatic carbocycles. The van der Waals surface area contributed by atoms with Gasteiger partial charge in [0.15, 0.2) is 5.88 Å². The van der Waals surface area contributed by atoms with Crippen molar-refractivity contribution < 1.29 is 14.8 Å². The van der Waals surface area contributed by atoms with Crippen LogP contribution in [-0.4, -0.2) is 34.2 Å². The van der Waals surface area contributed by atoms with Crippen molar-refractivity contribution in [3.05, 3.63) is 18.3 Å². The van der Waals surface area contributed by atoms with Crippen molar-refractivity contribution in [3.63, 3.8) is 0 Å². The summed E-state index contributed by atoms with van der Waals surface area (Å²) in [6.07, 6.45) is 1.52. The number of pyridine rings is 1. The molecule has 0 unspecified atom stereocenters. The number of rotatable bonds is 2. The third-order valence-electron chi connectivity index (χ3n) is 2.03. The molecule has 5 nitrogen and oxygen atoms in total. The van der Waals surface area contributed by atoms with E-state index in [0.717, 1.165) is 0 Å². The normalized spacial score (nSPS) is 10.5. The molecule has 6 heteroatoms. The lowest BCUT2D eigenvalue weighted by Gasteiger charge is -1.99. The van der Waals surface area contributed by atoms with Crippen molar-refractivity contribution in [2.24, 2.45) is 0 Å². The Hall–Kier alpha value is -1.53. The smallest absolute Gasteiger partial charge is 0.482 e. The van der Waals surface area contributed by atoms with Crippen LogP contribution in [0.2, 0.25) is 0 Å². The predicted molar refractivity (Wildman–Crippen MR) is 52.5 cm³/mol. The molecule has 0 atom stereocenters. The molecule has 3 N–H and O–H groups in total. The first-order chi connectivity index (χ1) is 6.72. The van der Waals surface area contributed by atoms with E-state index in [2.05, 4.69) is 9.97 Å². The number of methoxy groups -OCH3 is 1. The highest BCUT2D eigenvalue weighted by molar-refractivity contribution is 6.61. The first-order valence-electron chi connectivity index (χ1n) is 4.10. The maximum atomic E-state index is 9.07. The van der Waals surface area contributed by atoms with Crippen molar-refractivity contribution in [2.75, 3.05) is 7.11 Å². The van der Waals surface area contributed by atoms with Crippen LogP contribution < -0.4 is 10.2 Å². The second-order valence-corrected chi connectivity index (χ2v) is 2.87. The fraction of sp³-hybridized carbons (Fsp3) is 0.125. The Kier molecular flexibility index (Phi) is 2.15. The summed E-state index contributed by atoms with van der Waals surface area (Å²) in [4.78, 5) is 6.95. The minimum absolute atomic E-state index is 0.387. The minimum Gasteiger partial charge on any atom is -0.482 e. The van der Waals surface area contributed by atoms with E-state index in [9.17, 15) is 0 Å². The topological polar surface area (TPSA) is 78.4 Å². The standard InChI is InChI=1S/C8H9BN2O3/c1-14-7-4-6-8(11-7)5(9(12)13)2-3-10-6/h2-4,11-13H,1H3. The second kappa shape index (κ2) is 3.32. The van der Waals surface area contributed by atoms with E-state index in [1.54, 1.807) is 12.1 Å². The lowest BCUT2D eigenvalue weighted by atomic mass is 9.80. The molecule has 0 saturated carbocycles. The van der Waals surface area contributed by atoms with Gasteiger partial charge < -0.3 is 19.8 Å². The zero-order chi connectivity index (χ0) is 10.1. The maximum Gasteiger partial charge on any atom is 0.490 e. The highest BCUT2D eigenvalue weighted by atomic mass is 16.5. The third-order valence-corrected chi connectivity index (χ3v) is 2.03. The van der Waals surface area contributed by atoms with E-state index >= 15 is 0 Å². The molecule has 0 fully saturated rings. The average Bonchev–Trinajstić information content (AvgIpc) is 2.59. The molecule has 0 amide bonds. The summed E-state index contributed by atoms with van der Waals surface area (Å²) in [7, 11) is 0.0172. The molecular weight excluding hydrogens is 183 g/mol. The molecule has 0 bridgehead atoms. The fourth-order valence-electron chi connectivity index (χ4n) is 1.35. The number of aromatic amines is 1. The Morgan fingerprint density at radius 3 is 2.93 bits per heavy atom. The quantitative estimate of drug-likeness (QED) is 0.547. The van der Waals surface area contributed by atoms with Crippen LogP contribution in [0, 0.1) is 0 Å². The molecule has 14 heavy (non-hydrogen) atoms. The van der Waals surface area contributed by atoms with Gasteiger partial charge in [-0.25, -0.2) is 0 Å². The van der Waals surface area contributed by atoms with Gasteiger partial charge in [0, 0.05) is 17.7 Å². The van der Waals surface area contributed by atoms with Gasteiger partial charge in [-0.1, -0.05) is 0 Å². The second-order valence-electron chi connectivity index (χ2n) is 2.87. The molecule has 0 aliphatic carbocycles. The van der Waals surface area contributed by atoms with Crippen LogP contribution in [-0.2, 0) is 0 Å². The minimum atomic E-state index is -1.51. The van der Waals surface area contributed by atoms with Crippen LogP contribution in [0.3, 0.4) is 0 Å². The van der Waals surface area contributed by atoms with Crippen molar-refractivity contribution in [3.8, 4) is 5.88 Å². The molecule has 0 spiro atoms. The molecule has 2 aromatic rings. The lowest BCUT2D eigenvalue weighted by Crippen LogP contribution is -2.30. The fourth-order valence-corrected chi connectivity index (χ4v) is 1.35. The summed E-state index contributed by atoms with van der Waals surface area (Å²) in [5, 5.41) is 18.1. The van der Waals surface area contributed by atoms with E-state index in [4.69, 9.17) is 14.8 Å². The van der Waals surface area contributed by atoms with E-state index in [-0.39, 0.29) is 0 Å². The van der Waals surface area contributed by atoms with Crippen molar-refractivity contribution >= 4 is 23.6 Å². The number of nitrogens with one attached hydrogen (secondary N) is 1. The van der Waals surface area contributed by atoms with E-state index < -0.39 is 7.12 Å². The van der Waals surface area contributed by atoms with Crippen molar-refractivity contribution in [1.82, 2.24) is 9.97 Å². The Bertz CT molecular complexity index is 455. The molecule has 2 aromatic heterocycles. The first-order valence-corrected chi connectivity index (χ1v) is 4.10. The van der Waals surface area contributed by atoms with Crippen LogP contribution in [0.15, 0.2) is 18.3 Å². The number of nitrogens with zero attached hydrogens (tertiary/aromatic N) is 1. The molecule has 0 saturated heterocycles. The van der Waals surface area contributed by atoms with Gasteiger partial charge in [0.1, 0.15) is 0 Å². The highest BCUT2D eigenvalue weighted by Crippen LogP contribution is 2.16. The summed E-state index contributed by atoms with van der Waals surface area (Å²) in [6, 6.07) is 3.24. The number of hydrogen-bond acceptors (Lipinski definition) is 4. The highest BCUT2D eigenvalue weighted by Gasteiger charge is 2.16. The zero-order valence-corrected chi connectivity index (χ0v) is 7.56. The van der Waals surface area contributed by atoms with E-state index in [0.29, 0.717) is 22.4 Å². The van der Waals surface area contributed by atoms with Gasteiger partial charge in [-0.15, -0.1) is 0 Å². The van der Waals surface area contributed by atoms with Crippen molar-refractivity contribution in [1.29, 1.82) is 0 Å². The molecule has 0 aliphatic heterocycles. The van der Waals surface area contributed by atoms with Crippen LogP contribution in [0.1, 0.15) is 0 Å². The third kappa shape index (κ3) is 1.34. The van der Waals surface area contributed by atoms with E-state index in [1.807, 2.05) is 0 Å². The van der Waals surface area contributed by atoms with E-state index in [1.165, 1.54) is 13.3 Å². The Labute approximate surface area is 80.5 Å². The lowest BCUT2D eigenvalue weighted by molar-refractivity contribution is 0.401. The molecule has 72 valence electrons. The summed E-state index contributed by atoms with van der Waals surface area (Å²) in [6.45, 7) is 0. The largest absolute Gasteiger partial charge is 0.490 e. The number of H-pyrrole nitrogens is 1. The zero-order valence-electron chi connectivity index (χ0n) is 7.56. The van der Waals surface area contributed by atoms with Gasteiger partial charge in [0.05, 0.1) is 18.1 Å².